The number of hydrogen-bond acceptors (Lipinski definition) is 3. The minimum Gasteiger partial charge on any atom is -0.383 e. The molecule has 1 aromatic carbocycles. The summed E-state index contributed by atoms with van der Waals surface area (Å²) < 4.78 is 5.10. The Bertz CT molecular complexity index is 356. The molecule has 0 aliphatic carbocycles. The van der Waals surface area contributed by atoms with Crippen LogP contribution < -0.4 is 5.32 Å². The maximum absolute atomic E-state index is 5.91. The standard InChI is InChI=1S/C15H25ClN2O/c1-12(11-19-4)17-9-10-18(3)13(2)14-5-7-15(16)8-6-14/h5-8,12-13,17H,9-11H2,1-4H3. The summed E-state index contributed by atoms with van der Waals surface area (Å²) in [6, 6.07) is 8.84. The summed E-state index contributed by atoms with van der Waals surface area (Å²) in [5.74, 6) is 0. The molecule has 1 aromatic rings. The van der Waals surface area contributed by atoms with Crippen molar-refractivity contribution in [1.82, 2.24) is 10.2 Å². The van der Waals surface area contributed by atoms with Crippen molar-refractivity contribution in [2.24, 2.45) is 0 Å². The second-order valence-corrected chi connectivity index (χ2v) is 5.46. The average molecular weight is 285 g/mol. The highest BCUT2D eigenvalue weighted by Crippen LogP contribution is 2.20. The van der Waals surface area contributed by atoms with Crippen molar-refractivity contribution in [3.63, 3.8) is 0 Å². The van der Waals surface area contributed by atoms with Crippen molar-refractivity contribution >= 4 is 11.6 Å². The van der Waals surface area contributed by atoms with Crippen LogP contribution in [-0.2, 0) is 4.74 Å². The highest BCUT2D eigenvalue weighted by molar-refractivity contribution is 6.30. The molecule has 0 radical (unpaired) electrons. The summed E-state index contributed by atoms with van der Waals surface area (Å²) in [5, 5.41) is 4.23. The Labute approximate surface area is 121 Å². The van der Waals surface area contributed by atoms with Crippen LogP contribution in [0.2, 0.25) is 5.02 Å². The minimum atomic E-state index is 0.386. The van der Waals surface area contributed by atoms with Gasteiger partial charge in [0.25, 0.3) is 0 Å². The molecule has 0 spiro atoms. The molecule has 0 saturated carbocycles. The monoisotopic (exact) mass is 284 g/mol. The van der Waals surface area contributed by atoms with Gasteiger partial charge in [0.05, 0.1) is 6.61 Å². The van der Waals surface area contributed by atoms with E-state index in [9.17, 15) is 0 Å². The fourth-order valence-corrected chi connectivity index (χ4v) is 2.11. The molecule has 3 nitrogen and oxygen atoms in total. The number of ether oxygens (including phenoxy) is 1. The Morgan fingerprint density at radius 1 is 1.26 bits per heavy atom. The number of halogens is 1. The summed E-state index contributed by atoms with van der Waals surface area (Å²) >= 11 is 5.91. The highest BCUT2D eigenvalue weighted by atomic mass is 35.5. The minimum absolute atomic E-state index is 0.386. The number of methoxy groups -OCH3 is 1. The zero-order valence-electron chi connectivity index (χ0n) is 12.3. The van der Waals surface area contributed by atoms with Gasteiger partial charge in [0.2, 0.25) is 0 Å². The predicted molar refractivity (Wildman–Crippen MR) is 81.8 cm³/mol. The molecule has 0 bridgehead atoms. The zero-order chi connectivity index (χ0) is 14.3. The Hall–Kier alpha value is -0.610. The largest absolute Gasteiger partial charge is 0.383 e. The first-order valence-electron chi connectivity index (χ1n) is 6.72. The van der Waals surface area contributed by atoms with Crippen LogP contribution in [0.3, 0.4) is 0 Å². The molecule has 19 heavy (non-hydrogen) atoms. The lowest BCUT2D eigenvalue weighted by molar-refractivity contribution is 0.168. The molecule has 0 aliphatic rings. The van der Waals surface area contributed by atoms with Gasteiger partial charge in [-0.15, -0.1) is 0 Å². The molecular formula is C15H25ClN2O. The van der Waals surface area contributed by atoms with Gasteiger partial charge in [0.15, 0.2) is 0 Å². The van der Waals surface area contributed by atoms with Gasteiger partial charge in [-0.05, 0) is 38.6 Å². The van der Waals surface area contributed by atoms with Crippen molar-refractivity contribution in [2.45, 2.75) is 25.9 Å². The average Bonchev–Trinajstić information content (AvgIpc) is 2.39. The third kappa shape index (κ3) is 5.91. The van der Waals surface area contributed by atoms with Crippen molar-refractivity contribution in [3.05, 3.63) is 34.9 Å². The summed E-state index contributed by atoms with van der Waals surface area (Å²) in [4.78, 5) is 2.33. The number of rotatable bonds is 8. The van der Waals surface area contributed by atoms with E-state index < -0.39 is 0 Å². The van der Waals surface area contributed by atoms with Crippen molar-refractivity contribution in [1.29, 1.82) is 0 Å². The van der Waals surface area contributed by atoms with Crippen LogP contribution >= 0.6 is 11.6 Å². The van der Waals surface area contributed by atoms with Gasteiger partial charge in [0, 0.05) is 37.3 Å². The van der Waals surface area contributed by atoms with Crippen LogP contribution in [0.4, 0.5) is 0 Å². The maximum atomic E-state index is 5.91. The summed E-state index contributed by atoms with van der Waals surface area (Å²) in [6.07, 6.45) is 0. The Balaban J connectivity index is 2.36. The van der Waals surface area contributed by atoms with E-state index in [1.54, 1.807) is 7.11 Å². The topological polar surface area (TPSA) is 24.5 Å². The van der Waals surface area contributed by atoms with Crippen LogP contribution in [0, 0.1) is 0 Å². The first kappa shape index (κ1) is 16.4. The molecule has 0 amide bonds. The van der Waals surface area contributed by atoms with Gasteiger partial charge < -0.3 is 10.1 Å². The quantitative estimate of drug-likeness (QED) is 0.794. The molecule has 2 atom stereocenters. The second kappa shape index (κ2) is 8.54. The van der Waals surface area contributed by atoms with E-state index in [-0.39, 0.29) is 0 Å². The third-order valence-electron chi connectivity index (χ3n) is 3.39. The lowest BCUT2D eigenvalue weighted by atomic mass is 10.1. The summed E-state index contributed by atoms with van der Waals surface area (Å²) in [5.41, 5.74) is 1.29. The zero-order valence-corrected chi connectivity index (χ0v) is 13.1. The normalized spacial score (nSPS) is 14.6. The molecule has 0 aromatic heterocycles. The van der Waals surface area contributed by atoms with E-state index in [0.717, 1.165) is 24.7 Å². The van der Waals surface area contributed by atoms with E-state index in [1.807, 2.05) is 12.1 Å². The van der Waals surface area contributed by atoms with Crippen molar-refractivity contribution in [3.8, 4) is 0 Å². The number of likely N-dealkylation sites (N-methyl/N-ethyl adjacent to an activating group) is 1. The molecular weight excluding hydrogens is 260 g/mol. The second-order valence-electron chi connectivity index (χ2n) is 5.02. The lowest BCUT2D eigenvalue weighted by Crippen LogP contribution is -2.37. The lowest BCUT2D eigenvalue weighted by Gasteiger charge is -2.26. The fourth-order valence-electron chi connectivity index (χ4n) is 1.99. The van der Waals surface area contributed by atoms with Gasteiger partial charge in [0.1, 0.15) is 0 Å². The Kier molecular flexibility index (Phi) is 7.39. The molecule has 1 rings (SSSR count). The van der Waals surface area contributed by atoms with E-state index >= 15 is 0 Å². The van der Waals surface area contributed by atoms with E-state index in [0.29, 0.717) is 12.1 Å². The molecule has 2 unspecified atom stereocenters. The summed E-state index contributed by atoms with van der Waals surface area (Å²) in [6.45, 7) is 7.04. The molecule has 0 fully saturated rings. The SMILES string of the molecule is COCC(C)NCCN(C)C(C)c1ccc(Cl)cc1. The maximum Gasteiger partial charge on any atom is 0.0613 e. The van der Waals surface area contributed by atoms with Crippen LogP contribution in [0.5, 0.6) is 0 Å². The smallest absolute Gasteiger partial charge is 0.0613 e. The molecule has 108 valence electrons. The first-order valence-corrected chi connectivity index (χ1v) is 7.10. The van der Waals surface area contributed by atoms with Gasteiger partial charge in [-0.25, -0.2) is 0 Å². The molecule has 0 heterocycles. The van der Waals surface area contributed by atoms with Crippen molar-refractivity contribution in [2.75, 3.05) is 33.9 Å². The molecule has 0 saturated heterocycles. The van der Waals surface area contributed by atoms with E-state index in [4.69, 9.17) is 16.3 Å². The highest BCUT2D eigenvalue weighted by Gasteiger charge is 2.11. The van der Waals surface area contributed by atoms with Gasteiger partial charge in [-0.1, -0.05) is 23.7 Å². The van der Waals surface area contributed by atoms with Crippen LogP contribution in [0.25, 0.3) is 0 Å². The molecule has 0 aliphatic heterocycles. The third-order valence-corrected chi connectivity index (χ3v) is 3.64. The molecule has 4 heteroatoms. The van der Waals surface area contributed by atoms with Gasteiger partial charge >= 0.3 is 0 Å². The first-order chi connectivity index (χ1) is 9.04. The fraction of sp³-hybridized carbons (Fsp3) is 0.600. The number of nitrogens with zero attached hydrogens (tertiary/aromatic N) is 1. The summed E-state index contributed by atoms with van der Waals surface area (Å²) in [7, 11) is 3.87. The Morgan fingerprint density at radius 2 is 1.89 bits per heavy atom. The van der Waals surface area contributed by atoms with E-state index in [1.165, 1.54) is 5.56 Å². The number of nitrogens with one attached hydrogen (secondary N) is 1. The number of benzene rings is 1. The van der Waals surface area contributed by atoms with Crippen LogP contribution in [0.1, 0.15) is 25.5 Å². The van der Waals surface area contributed by atoms with Crippen LogP contribution in [0.15, 0.2) is 24.3 Å². The van der Waals surface area contributed by atoms with Crippen LogP contribution in [-0.4, -0.2) is 44.8 Å². The Morgan fingerprint density at radius 3 is 2.47 bits per heavy atom. The van der Waals surface area contributed by atoms with Gasteiger partial charge in [-0.3, -0.25) is 4.90 Å². The molecule has 1 N–H and O–H groups in total. The van der Waals surface area contributed by atoms with Crippen molar-refractivity contribution < 1.29 is 4.74 Å². The van der Waals surface area contributed by atoms with E-state index in [2.05, 4.69) is 43.2 Å². The van der Waals surface area contributed by atoms with Gasteiger partial charge in [-0.2, -0.15) is 0 Å². The predicted octanol–water partition coefficient (Wildman–Crippen LogP) is 2.96. The number of hydrogen-bond donors (Lipinski definition) is 1.